The number of nitrogens with zero attached hydrogens (tertiary/aromatic N) is 4. The molecule has 0 amide bonds. The molecule has 0 unspecified atom stereocenters. The van der Waals surface area contributed by atoms with Crippen LogP contribution in [0.3, 0.4) is 0 Å². The molecule has 5 heteroatoms. The van der Waals surface area contributed by atoms with Gasteiger partial charge in [-0.05, 0) is 6.92 Å². The van der Waals surface area contributed by atoms with Crippen LogP contribution in [-0.2, 0) is 7.05 Å². The number of hydrogen-bond acceptors (Lipinski definition) is 4. The topological polar surface area (TPSA) is 56.7 Å². The molecule has 5 nitrogen and oxygen atoms in total. The molecule has 0 saturated carbocycles. The number of oxazole rings is 1. The van der Waals surface area contributed by atoms with E-state index in [4.69, 9.17) is 4.42 Å². The smallest absolute Gasteiger partial charge is 0.264 e. The molecule has 0 spiro atoms. The van der Waals surface area contributed by atoms with Gasteiger partial charge in [0, 0.05) is 7.05 Å². The molecule has 2 rings (SSSR count). The van der Waals surface area contributed by atoms with E-state index < -0.39 is 0 Å². The summed E-state index contributed by atoms with van der Waals surface area (Å²) in [7, 11) is 1.87. The van der Waals surface area contributed by atoms with Crippen molar-refractivity contribution < 1.29 is 4.42 Å². The van der Waals surface area contributed by atoms with Crippen LogP contribution in [0, 0.1) is 6.92 Å². The third-order valence-corrected chi connectivity index (χ3v) is 1.72. The van der Waals surface area contributed by atoms with E-state index in [1.54, 1.807) is 6.20 Å². The van der Waals surface area contributed by atoms with Gasteiger partial charge >= 0.3 is 0 Å². The third-order valence-electron chi connectivity index (χ3n) is 1.72. The lowest BCUT2D eigenvalue weighted by molar-refractivity contribution is 0.565. The molecule has 62 valence electrons. The van der Waals surface area contributed by atoms with Crippen molar-refractivity contribution in [3.63, 3.8) is 0 Å². The van der Waals surface area contributed by atoms with Crippen LogP contribution in [0.15, 0.2) is 16.9 Å². The molecular formula is C7H8N4O. The average Bonchev–Trinajstić information content (AvgIpc) is 2.64. The van der Waals surface area contributed by atoms with Crippen molar-refractivity contribution in [2.45, 2.75) is 6.92 Å². The average molecular weight is 164 g/mol. The lowest BCUT2D eigenvalue weighted by Gasteiger charge is -1.94. The SMILES string of the molecule is Cc1nnc(-c2ncco2)n1C. The Balaban J connectivity index is 2.55. The maximum atomic E-state index is 5.08. The highest BCUT2D eigenvalue weighted by molar-refractivity contribution is 5.39. The van der Waals surface area contributed by atoms with Crippen molar-refractivity contribution >= 4 is 0 Å². The maximum Gasteiger partial charge on any atom is 0.264 e. The molecule has 0 atom stereocenters. The Hall–Kier alpha value is -1.65. The summed E-state index contributed by atoms with van der Waals surface area (Å²) in [6.07, 6.45) is 3.10. The lowest BCUT2D eigenvalue weighted by atomic mass is 10.6. The molecule has 2 heterocycles. The Morgan fingerprint density at radius 2 is 2.25 bits per heavy atom. The number of rotatable bonds is 1. The van der Waals surface area contributed by atoms with E-state index >= 15 is 0 Å². The summed E-state index contributed by atoms with van der Waals surface area (Å²) in [5.74, 6) is 1.99. The molecular weight excluding hydrogens is 156 g/mol. The molecule has 2 aromatic heterocycles. The highest BCUT2D eigenvalue weighted by Crippen LogP contribution is 2.13. The van der Waals surface area contributed by atoms with E-state index in [9.17, 15) is 0 Å². The quantitative estimate of drug-likeness (QED) is 0.624. The van der Waals surface area contributed by atoms with Gasteiger partial charge in [0.15, 0.2) is 0 Å². The molecule has 0 aromatic carbocycles. The molecule has 0 fully saturated rings. The van der Waals surface area contributed by atoms with Crippen molar-refractivity contribution in [1.29, 1.82) is 0 Å². The van der Waals surface area contributed by atoms with Gasteiger partial charge < -0.3 is 8.98 Å². The normalized spacial score (nSPS) is 10.5. The third kappa shape index (κ3) is 0.903. The minimum atomic E-state index is 0.498. The van der Waals surface area contributed by atoms with Gasteiger partial charge in [-0.25, -0.2) is 4.98 Å². The predicted octanol–water partition coefficient (Wildman–Crippen LogP) is 0.779. The Bertz CT molecular complexity index is 376. The zero-order valence-corrected chi connectivity index (χ0v) is 6.85. The Morgan fingerprint density at radius 1 is 1.42 bits per heavy atom. The summed E-state index contributed by atoms with van der Waals surface area (Å²) in [4.78, 5) is 3.97. The van der Waals surface area contributed by atoms with Crippen LogP contribution in [0.25, 0.3) is 11.7 Å². The summed E-state index contributed by atoms with van der Waals surface area (Å²) in [5, 5.41) is 7.80. The number of aromatic nitrogens is 4. The van der Waals surface area contributed by atoms with Gasteiger partial charge in [0.2, 0.25) is 5.82 Å². The van der Waals surface area contributed by atoms with E-state index in [1.807, 2.05) is 18.5 Å². The zero-order chi connectivity index (χ0) is 8.55. The Labute approximate surface area is 69.1 Å². The van der Waals surface area contributed by atoms with E-state index in [1.165, 1.54) is 6.26 Å². The van der Waals surface area contributed by atoms with Gasteiger partial charge in [-0.1, -0.05) is 0 Å². The van der Waals surface area contributed by atoms with Crippen molar-refractivity contribution in [3.8, 4) is 11.7 Å². The van der Waals surface area contributed by atoms with Crippen LogP contribution in [0.5, 0.6) is 0 Å². The van der Waals surface area contributed by atoms with Crippen LogP contribution in [0.2, 0.25) is 0 Å². The summed E-state index contributed by atoms with van der Waals surface area (Å²) in [6, 6.07) is 0. The fraction of sp³-hybridized carbons (Fsp3) is 0.286. The first-order valence-corrected chi connectivity index (χ1v) is 3.55. The van der Waals surface area contributed by atoms with Crippen molar-refractivity contribution in [2.75, 3.05) is 0 Å². The Kier molecular flexibility index (Phi) is 1.43. The second-order valence-corrected chi connectivity index (χ2v) is 2.47. The largest absolute Gasteiger partial charge is 0.442 e. The van der Waals surface area contributed by atoms with Gasteiger partial charge in [0.05, 0.1) is 6.20 Å². The molecule has 0 bridgehead atoms. The van der Waals surface area contributed by atoms with Crippen molar-refractivity contribution in [3.05, 3.63) is 18.3 Å². The molecule has 0 aliphatic carbocycles. The summed E-state index contributed by atoms with van der Waals surface area (Å²) >= 11 is 0. The molecule has 0 saturated heterocycles. The van der Waals surface area contributed by atoms with Crippen LogP contribution < -0.4 is 0 Å². The monoisotopic (exact) mass is 164 g/mol. The highest BCUT2D eigenvalue weighted by atomic mass is 16.3. The molecule has 12 heavy (non-hydrogen) atoms. The predicted molar refractivity (Wildman–Crippen MR) is 41.2 cm³/mol. The summed E-state index contributed by atoms with van der Waals surface area (Å²) < 4.78 is 6.90. The fourth-order valence-corrected chi connectivity index (χ4v) is 0.927. The van der Waals surface area contributed by atoms with Gasteiger partial charge in [-0.3, -0.25) is 0 Å². The fourth-order valence-electron chi connectivity index (χ4n) is 0.927. The number of aryl methyl sites for hydroxylation is 1. The standard InChI is InChI=1S/C7H8N4O/c1-5-9-10-6(11(5)2)7-8-3-4-12-7/h3-4H,1-2H3. The molecule has 0 N–H and O–H groups in total. The summed E-state index contributed by atoms with van der Waals surface area (Å²) in [6.45, 7) is 1.87. The first-order valence-electron chi connectivity index (χ1n) is 3.55. The van der Waals surface area contributed by atoms with Gasteiger partial charge in [0.1, 0.15) is 12.1 Å². The maximum absolute atomic E-state index is 5.08. The van der Waals surface area contributed by atoms with Crippen LogP contribution >= 0.6 is 0 Å². The molecule has 0 aliphatic heterocycles. The number of hydrogen-bond donors (Lipinski definition) is 0. The minimum absolute atomic E-state index is 0.498. The second-order valence-electron chi connectivity index (χ2n) is 2.47. The van der Waals surface area contributed by atoms with Crippen molar-refractivity contribution in [2.24, 2.45) is 7.05 Å². The summed E-state index contributed by atoms with van der Waals surface area (Å²) in [5.41, 5.74) is 0. The molecule has 2 aromatic rings. The first-order chi connectivity index (χ1) is 5.79. The first kappa shape index (κ1) is 7.02. The van der Waals surface area contributed by atoms with E-state index in [-0.39, 0.29) is 0 Å². The van der Waals surface area contributed by atoms with Gasteiger partial charge in [0.25, 0.3) is 5.89 Å². The molecule has 0 aliphatic rings. The van der Waals surface area contributed by atoms with Crippen molar-refractivity contribution in [1.82, 2.24) is 19.7 Å². The van der Waals surface area contributed by atoms with E-state index in [2.05, 4.69) is 15.2 Å². The van der Waals surface area contributed by atoms with Crippen LogP contribution in [0.1, 0.15) is 5.82 Å². The van der Waals surface area contributed by atoms with Crippen LogP contribution in [-0.4, -0.2) is 19.7 Å². The van der Waals surface area contributed by atoms with E-state index in [0.717, 1.165) is 5.82 Å². The lowest BCUT2D eigenvalue weighted by Crippen LogP contribution is -1.94. The Morgan fingerprint density at radius 3 is 2.75 bits per heavy atom. The van der Waals surface area contributed by atoms with Gasteiger partial charge in [-0.2, -0.15) is 0 Å². The van der Waals surface area contributed by atoms with E-state index in [0.29, 0.717) is 11.7 Å². The van der Waals surface area contributed by atoms with Crippen LogP contribution in [0.4, 0.5) is 0 Å². The second kappa shape index (κ2) is 2.44. The highest BCUT2D eigenvalue weighted by Gasteiger charge is 2.10. The molecule has 0 radical (unpaired) electrons. The van der Waals surface area contributed by atoms with Gasteiger partial charge in [-0.15, -0.1) is 10.2 Å². The minimum Gasteiger partial charge on any atom is -0.442 e. The zero-order valence-electron chi connectivity index (χ0n) is 6.85.